The molecule has 0 aromatic carbocycles. The van der Waals surface area contributed by atoms with Gasteiger partial charge in [-0.1, -0.05) is 32.5 Å². The van der Waals surface area contributed by atoms with E-state index < -0.39 is 0 Å². The number of rotatable bonds is 2. The largest absolute Gasteiger partial charge is 0.383 e. The fourth-order valence-electron chi connectivity index (χ4n) is 2.88. The van der Waals surface area contributed by atoms with Crippen molar-refractivity contribution in [3.8, 4) is 0 Å². The summed E-state index contributed by atoms with van der Waals surface area (Å²) in [4.78, 5) is 11.2. The van der Waals surface area contributed by atoms with Crippen molar-refractivity contribution >= 4 is 23.4 Å². The maximum Gasteiger partial charge on any atom is 0.191 e. The number of hydrogen-bond acceptors (Lipinski definition) is 5. The molecule has 1 aliphatic heterocycles. The van der Waals surface area contributed by atoms with Crippen LogP contribution < -0.4 is 10.6 Å². The highest BCUT2D eigenvalue weighted by atomic mass is 32.2. The highest BCUT2D eigenvalue weighted by Crippen LogP contribution is 2.35. The summed E-state index contributed by atoms with van der Waals surface area (Å²) < 4.78 is 0. The lowest BCUT2D eigenvalue weighted by atomic mass is 9.77. The molecule has 1 atom stereocenters. The predicted octanol–water partition coefficient (Wildman–Crippen LogP) is 3.43. The third-order valence-corrected chi connectivity index (χ3v) is 4.72. The quantitative estimate of drug-likeness (QED) is 0.669. The Morgan fingerprint density at radius 2 is 2.00 bits per heavy atom. The van der Waals surface area contributed by atoms with E-state index in [0.717, 1.165) is 30.0 Å². The number of aromatic nitrogens is 2. The molecule has 0 saturated carbocycles. The summed E-state index contributed by atoms with van der Waals surface area (Å²) in [6.45, 7) is 9.18. The lowest BCUT2D eigenvalue weighted by Gasteiger charge is -2.30. The first-order valence-corrected chi connectivity index (χ1v) is 8.56. The molecule has 1 aromatic rings. The highest BCUT2D eigenvalue weighted by molar-refractivity contribution is 7.98. The Bertz CT molecular complexity index is 456. The van der Waals surface area contributed by atoms with Gasteiger partial charge in [0, 0.05) is 19.2 Å². The zero-order chi connectivity index (χ0) is 14.8. The molecule has 20 heavy (non-hydrogen) atoms. The summed E-state index contributed by atoms with van der Waals surface area (Å²) in [6, 6.07) is 1.90. The van der Waals surface area contributed by atoms with Crippen molar-refractivity contribution in [2.75, 3.05) is 30.0 Å². The summed E-state index contributed by atoms with van der Waals surface area (Å²) in [5.41, 5.74) is 6.28. The van der Waals surface area contributed by atoms with E-state index in [4.69, 9.17) is 5.73 Å². The molecule has 0 radical (unpaired) electrons. The zero-order valence-electron chi connectivity index (χ0n) is 13.0. The van der Waals surface area contributed by atoms with Crippen molar-refractivity contribution in [1.82, 2.24) is 9.97 Å². The van der Waals surface area contributed by atoms with Crippen LogP contribution in [0.5, 0.6) is 0 Å². The summed E-state index contributed by atoms with van der Waals surface area (Å²) in [5, 5.41) is 0.761. The van der Waals surface area contributed by atoms with Gasteiger partial charge < -0.3 is 10.6 Å². The molecule has 2 rings (SSSR count). The van der Waals surface area contributed by atoms with Crippen LogP contribution in [0.2, 0.25) is 0 Å². The Kier molecular flexibility index (Phi) is 4.78. The SMILES string of the molecule is CSc1nc(N)cc(N2CCCC(C(C)(C)C)CC2)n1. The molecule has 2 heterocycles. The van der Waals surface area contributed by atoms with Crippen molar-refractivity contribution in [2.24, 2.45) is 11.3 Å². The van der Waals surface area contributed by atoms with Gasteiger partial charge >= 0.3 is 0 Å². The number of anilines is 2. The van der Waals surface area contributed by atoms with Gasteiger partial charge in [-0.15, -0.1) is 0 Å². The lowest BCUT2D eigenvalue weighted by molar-refractivity contribution is 0.220. The maximum absolute atomic E-state index is 5.89. The van der Waals surface area contributed by atoms with Gasteiger partial charge in [0.25, 0.3) is 0 Å². The van der Waals surface area contributed by atoms with E-state index in [1.165, 1.54) is 19.3 Å². The molecule has 0 bridgehead atoms. The van der Waals surface area contributed by atoms with Gasteiger partial charge in [0.05, 0.1) is 0 Å². The molecule has 1 unspecified atom stereocenters. The van der Waals surface area contributed by atoms with Crippen LogP contribution in [0.3, 0.4) is 0 Å². The maximum atomic E-state index is 5.89. The van der Waals surface area contributed by atoms with Crippen LogP contribution in [0.4, 0.5) is 11.6 Å². The van der Waals surface area contributed by atoms with Gasteiger partial charge in [-0.25, -0.2) is 9.97 Å². The van der Waals surface area contributed by atoms with Gasteiger partial charge in [-0.3, -0.25) is 0 Å². The summed E-state index contributed by atoms with van der Waals surface area (Å²) in [5.74, 6) is 2.33. The van der Waals surface area contributed by atoms with Crippen LogP contribution in [0.25, 0.3) is 0 Å². The molecule has 0 aliphatic carbocycles. The van der Waals surface area contributed by atoms with Crippen molar-refractivity contribution < 1.29 is 0 Å². The molecular weight excluding hydrogens is 268 g/mol. The standard InChI is InChI=1S/C15H26N4S/c1-15(2,3)11-6-5-8-19(9-7-11)13-10-12(16)17-14(18-13)20-4/h10-11H,5-9H2,1-4H3,(H2,16,17,18). The number of nitrogen functional groups attached to an aromatic ring is 1. The summed E-state index contributed by atoms with van der Waals surface area (Å²) >= 11 is 1.54. The molecule has 112 valence electrons. The van der Waals surface area contributed by atoms with E-state index in [2.05, 4.69) is 35.6 Å². The first-order valence-electron chi connectivity index (χ1n) is 7.33. The van der Waals surface area contributed by atoms with Crippen molar-refractivity contribution in [3.63, 3.8) is 0 Å². The van der Waals surface area contributed by atoms with Crippen molar-refractivity contribution in [1.29, 1.82) is 0 Å². The first kappa shape index (κ1) is 15.4. The van der Waals surface area contributed by atoms with E-state index >= 15 is 0 Å². The molecule has 5 heteroatoms. The smallest absolute Gasteiger partial charge is 0.191 e. The Labute approximate surface area is 126 Å². The van der Waals surface area contributed by atoms with Crippen LogP contribution in [0.15, 0.2) is 11.2 Å². The minimum Gasteiger partial charge on any atom is -0.383 e. The molecule has 1 saturated heterocycles. The Morgan fingerprint density at radius 3 is 2.65 bits per heavy atom. The molecule has 0 spiro atoms. The topological polar surface area (TPSA) is 55.0 Å². The number of thioether (sulfide) groups is 1. The second-order valence-electron chi connectivity index (χ2n) is 6.62. The van der Waals surface area contributed by atoms with Gasteiger partial charge in [0.15, 0.2) is 5.16 Å². The van der Waals surface area contributed by atoms with Gasteiger partial charge in [-0.2, -0.15) is 0 Å². The van der Waals surface area contributed by atoms with Gasteiger partial charge in [0.1, 0.15) is 11.6 Å². The van der Waals surface area contributed by atoms with E-state index in [1.54, 1.807) is 11.8 Å². The van der Waals surface area contributed by atoms with Crippen molar-refractivity contribution in [2.45, 2.75) is 45.2 Å². The third-order valence-electron chi connectivity index (χ3n) is 4.17. The monoisotopic (exact) mass is 294 g/mol. The average Bonchev–Trinajstić information content (AvgIpc) is 2.63. The van der Waals surface area contributed by atoms with E-state index in [9.17, 15) is 0 Å². The molecule has 1 aliphatic rings. The Hall–Kier alpha value is -0.970. The Balaban J connectivity index is 2.12. The fraction of sp³-hybridized carbons (Fsp3) is 0.733. The van der Waals surface area contributed by atoms with Crippen molar-refractivity contribution in [3.05, 3.63) is 6.07 Å². The lowest BCUT2D eigenvalue weighted by Crippen LogP contribution is -2.27. The van der Waals surface area contributed by atoms with Crippen LogP contribution in [0.1, 0.15) is 40.0 Å². The molecule has 4 nitrogen and oxygen atoms in total. The normalized spacial score (nSPS) is 20.8. The minimum absolute atomic E-state index is 0.394. The number of nitrogens with zero attached hydrogens (tertiary/aromatic N) is 3. The van der Waals surface area contributed by atoms with Crippen LogP contribution >= 0.6 is 11.8 Å². The Morgan fingerprint density at radius 1 is 1.25 bits per heavy atom. The second-order valence-corrected chi connectivity index (χ2v) is 7.39. The van der Waals surface area contributed by atoms with E-state index in [-0.39, 0.29) is 0 Å². The van der Waals surface area contributed by atoms with Crippen LogP contribution in [-0.4, -0.2) is 29.3 Å². The average molecular weight is 294 g/mol. The van der Waals surface area contributed by atoms with Crippen LogP contribution in [-0.2, 0) is 0 Å². The molecule has 0 amide bonds. The zero-order valence-corrected chi connectivity index (χ0v) is 13.8. The third kappa shape index (κ3) is 3.78. The minimum atomic E-state index is 0.394. The molecule has 2 N–H and O–H groups in total. The highest BCUT2D eigenvalue weighted by Gasteiger charge is 2.27. The van der Waals surface area contributed by atoms with E-state index in [1.807, 2.05) is 12.3 Å². The number of nitrogens with two attached hydrogens (primary N) is 1. The summed E-state index contributed by atoms with van der Waals surface area (Å²) in [6.07, 6.45) is 5.73. The predicted molar refractivity (Wildman–Crippen MR) is 87.2 cm³/mol. The second kappa shape index (κ2) is 6.20. The number of hydrogen-bond donors (Lipinski definition) is 1. The fourth-order valence-corrected chi connectivity index (χ4v) is 3.26. The van der Waals surface area contributed by atoms with Gasteiger partial charge in [0.2, 0.25) is 0 Å². The van der Waals surface area contributed by atoms with E-state index in [0.29, 0.717) is 11.2 Å². The van der Waals surface area contributed by atoms with Crippen LogP contribution in [0, 0.1) is 11.3 Å². The summed E-state index contributed by atoms with van der Waals surface area (Å²) in [7, 11) is 0. The molecule has 1 fully saturated rings. The van der Waals surface area contributed by atoms with Gasteiger partial charge in [-0.05, 0) is 36.9 Å². The molecular formula is C15H26N4S. The first-order chi connectivity index (χ1) is 9.40. The molecule has 1 aromatic heterocycles.